The third kappa shape index (κ3) is 9.19. The van der Waals surface area contributed by atoms with Gasteiger partial charge in [0.15, 0.2) is 18.9 Å². The van der Waals surface area contributed by atoms with Crippen molar-refractivity contribution < 1.29 is 99.8 Å². The maximum Gasteiger partial charge on any atom is 0.187 e. The van der Waals surface area contributed by atoms with Gasteiger partial charge in [0, 0.05) is 0 Å². The van der Waals surface area contributed by atoms with Crippen LogP contribution >= 0.6 is 0 Å². The fourth-order valence-electron chi connectivity index (χ4n) is 14.8. The Balaban J connectivity index is 1.14. The van der Waals surface area contributed by atoms with Gasteiger partial charge in [0.1, 0.15) is 78.8 Å². The van der Waals surface area contributed by atoms with Crippen LogP contribution in [0, 0.1) is 45.3 Å². The predicted molar refractivity (Wildman–Crippen MR) is 236 cm³/mol. The highest BCUT2D eigenvalue weighted by Gasteiger charge is 2.72. The van der Waals surface area contributed by atoms with Crippen molar-refractivity contribution in [2.45, 2.75) is 222 Å². The molecular formula is C48H82O20. The van der Waals surface area contributed by atoms with Gasteiger partial charge < -0.3 is 89.7 Å². The molecule has 394 valence electrons. The topological polar surface area (TPSA) is 328 Å². The fourth-order valence-corrected chi connectivity index (χ4v) is 14.8. The molecule has 13 N–H and O–H groups in total. The van der Waals surface area contributed by atoms with E-state index in [9.17, 15) is 66.5 Å². The molecule has 0 spiro atoms. The Bertz CT molecular complexity index is 1730. The molecule has 0 radical (unpaired) electrons. The second kappa shape index (κ2) is 20.0. The molecule has 0 aromatic carbocycles. The molecule has 4 saturated carbocycles. The van der Waals surface area contributed by atoms with Gasteiger partial charge in [0.2, 0.25) is 0 Å². The summed E-state index contributed by atoms with van der Waals surface area (Å²) in [6, 6.07) is 0. The summed E-state index contributed by atoms with van der Waals surface area (Å²) in [6.45, 7) is 14.5. The molecule has 3 heterocycles. The van der Waals surface area contributed by atoms with E-state index in [1.165, 1.54) is 0 Å². The summed E-state index contributed by atoms with van der Waals surface area (Å²) in [6.07, 6.45) is -16.0. The number of hydrogen-bond donors (Lipinski definition) is 13. The van der Waals surface area contributed by atoms with E-state index in [-0.39, 0.29) is 40.9 Å². The summed E-state index contributed by atoms with van der Waals surface area (Å²) in [4.78, 5) is 4.67. The SMILES string of the molecule is CC(C)(/C=C/C[C@](C)(O[C@H]1O[C@H](CO)[C@@H](O)[C@H](O)[C@H]1O)[C@H]1CC[C@]2(C)[C@@H]1[C@H](O)C[C@@H]1[C@@]3(C)CC[C@H](O[C@H]4O[C@H](CO)[C@@H](O)[C@H](O)[C@H]4O[C@H]4O[C@H](CO)[C@@H](O)[C@H](O)[C@H]4O)C(C)(C)[C@H]3CC[C@]12C)OO. The third-order valence-electron chi connectivity index (χ3n) is 18.9. The van der Waals surface area contributed by atoms with E-state index in [2.05, 4.69) is 39.5 Å². The second-order valence-electron chi connectivity index (χ2n) is 23.4. The van der Waals surface area contributed by atoms with Crippen LogP contribution in [-0.2, 0) is 33.3 Å². The lowest BCUT2D eigenvalue weighted by Gasteiger charge is -2.71. The number of aliphatic hydroxyl groups excluding tert-OH is 12. The summed E-state index contributed by atoms with van der Waals surface area (Å²) < 4.78 is 37.1. The fraction of sp³-hybridized carbons (Fsp3) is 0.958. The highest BCUT2D eigenvalue weighted by atomic mass is 17.1. The van der Waals surface area contributed by atoms with Gasteiger partial charge in [0.05, 0.1) is 37.6 Å². The minimum absolute atomic E-state index is 0.0490. The first-order chi connectivity index (χ1) is 31.7. The van der Waals surface area contributed by atoms with Gasteiger partial charge in [-0.1, -0.05) is 46.8 Å². The molecule has 0 amide bonds. The van der Waals surface area contributed by atoms with Crippen molar-refractivity contribution in [1.29, 1.82) is 0 Å². The van der Waals surface area contributed by atoms with Gasteiger partial charge in [-0.05, 0) is 117 Å². The Morgan fingerprint density at radius 2 is 1.12 bits per heavy atom. The van der Waals surface area contributed by atoms with E-state index in [0.717, 1.165) is 19.3 Å². The molecule has 0 aromatic heterocycles. The van der Waals surface area contributed by atoms with Crippen LogP contribution in [0.25, 0.3) is 0 Å². The lowest BCUT2D eigenvalue weighted by Crippen LogP contribution is -2.68. The molecule has 7 fully saturated rings. The van der Waals surface area contributed by atoms with Gasteiger partial charge in [-0.2, -0.15) is 0 Å². The Morgan fingerprint density at radius 3 is 1.69 bits per heavy atom. The molecule has 0 bridgehead atoms. The van der Waals surface area contributed by atoms with Crippen molar-refractivity contribution >= 4 is 0 Å². The first kappa shape index (κ1) is 54.7. The Morgan fingerprint density at radius 1 is 0.588 bits per heavy atom. The zero-order valence-electron chi connectivity index (χ0n) is 40.7. The zero-order chi connectivity index (χ0) is 50.3. The van der Waals surface area contributed by atoms with E-state index in [4.69, 9.17) is 28.4 Å². The van der Waals surface area contributed by atoms with Crippen LogP contribution in [0.5, 0.6) is 0 Å². The zero-order valence-corrected chi connectivity index (χ0v) is 40.7. The van der Waals surface area contributed by atoms with Crippen LogP contribution in [0.1, 0.15) is 107 Å². The number of ether oxygens (including phenoxy) is 6. The Kier molecular flexibility index (Phi) is 16.1. The van der Waals surface area contributed by atoms with E-state index in [0.29, 0.717) is 25.7 Å². The highest BCUT2D eigenvalue weighted by Crippen LogP contribution is 2.76. The van der Waals surface area contributed by atoms with E-state index in [1.807, 2.05) is 13.0 Å². The van der Waals surface area contributed by atoms with Gasteiger partial charge in [-0.15, -0.1) is 0 Å². The van der Waals surface area contributed by atoms with Crippen LogP contribution in [0.2, 0.25) is 0 Å². The van der Waals surface area contributed by atoms with Crippen LogP contribution in [-0.4, -0.2) is 202 Å². The summed E-state index contributed by atoms with van der Waals surface area (Å²) >= 11 is 0. The lowest BCUT2D eigenvalue weighted by atomic mass is 9.35. The Labute approximate surface area is 398 Å². The minimum atomic E-state index is -1.81. The molecule has 3 aliphatic heterocycles. The van der Waals surface area contributed by atoms with Gasteiger partial charge >= 0.3 is 0 Å². The van der Waals surface area contributed by atoms with Crippen molar-refractivity contribution in [3.05, 3.63) is 12.2 Å². The molecule has 0 unspecified atom stereocenters. The molecule has 68 heavy (non-hydrogen) atoms. The first-order valence-corrected chi connectivity index (χ1v) is 24.6. The largest absolute Gasteiger partial charge is 0.394 e. The number of hydrogen-bond acceptors (Lipinski definition) is 20. The van der Waals surface area contributed by atoms with Crippen LogP contribution < -0.4 is 0 Å². The van der Waals surface area contributed by atoms with E-state index in [1.54, 1.807) is 19.9 Å². The van der Waals surface area contributed by atoms with Crippen molar-refractivity contribution in [3.63, 3.8) is 0 Å². The molecule has 4 aliphatic carbocycles. The van der Waals surface area contributed by atoms with Crippen LogP contribution in [0.15, 0.2) is 12.2 Å². The normalized spacial score (nSPS) is 51.7. The summed E-state index contributed by atoms with van der Waals surface area (Å²) in [7, 11) is 0. The second-order valence-corrected chi connectivity index (χ2v) is 23.4. The van der Waals surface area contributed by atoms with Gasteiger partial charge in [-0.3, -0.25) is 5.26 Å². The summed E-state index contributed by atoms with van der Waals surface area (Å²) in [5.41, 5.74) is -3.73. The molecule has 7 rings (SSSR count). The monoisotopic (exact) mass is 979 g/mol. The van der Waals surface area contributed by atoms with Crippen LogP contribution in [0.4, 0.5) is 0 Å². The van der Waals surface area contributed by atoms with Crippen molar-refractivity contribution in [3.8, 4) is 0 Å². The highest BCUT2D eigenvalue weighted by molar-refractivity contribution is 5.21. The van der Waals surface area contributed by atoms with E-state index < -0.39 is 146 Å². The standard InChI is InChI=1S/C48H82O20/c1-43(2,68-61)13-9-14-48(8,67-41-38(60)35(57)32(54)25(20-50)63-41)22-10-16-47(7)30(22)23(52)18-28-45(5)15-12-29(44(3,4)27(45)11-17-46(28,47)6)65-42-39(36(58)33(55)26(21-51)64-42)66-40-37(59)34(56)31(53)24(19-49)62-40/h9,13,22-42,49-61H,10-12,14-21H2,1-8H3/b13-9+/t22-,23+,24+,25+,26+,27+,28+,29-,30-,31+,32+,33+,34-,35-,36-,37+,38+,39+,40+,41+,42+,45-,46+,47+,48-/m0/s1. The number of fused-ring (bicyclic) bond motifs is 5. The molecule has 20 heteroatoms. The third-order valence-corrected chi connectivity index (χ3v) is 18.9. The molecule has 20 nitrogen and oxygen atoms in total. The van der Waals surface area contributed by atoms with Crippen molar-refractivity contribution in [1.82, 2.24) is 0 Å². The van der Waals surface area contributed by atoms with Gasteiger partial charge in [-0.25, -0.2) is 4.89 Å². The quantitative estimate of drug-likeness (QED) is 0.0449. The van der Waals surface area contributed by atoms with Crippen molar-refractivity contribution in [2.24, 2.45) is 45.3 Å². The lowest BCUT2D eigenvalue weighted by molar-refractivity contribution is -0.378. The molecule has 7 aliphatic rings. The predicted octanol–water partition coefficient (Wildman–Crippen LogP) is -0.559. The van der Waals surface area contributed by atoms with Crippen molar-refractivity contribution in [2.75, 3.05) is 19.8 Å². The Hall–Kier alpha value is -1.06. The van der Waals surface area contributed by atoms with E-state index >= 15 is 0 Å². The maximum absolute atomic E-state index is 12.7. The molecule has 3 saturated heterocycles. The summed E-state index contributed by atoms with van der Waals surface area (Å²) in [5, 5.41) is 139. The number of rotatable bonds is 14. The maximum atomic E-state index is 12.7. The minimum Gasteiger partial charge on any atom is -0.394 e. The molecule has 0 aromatic rings. The summed E-state index contributed by atoms with van der Waals surface area (Å²) in [5.74, 6) is -0.483. The molecule has 25 atom stereocenters. The molecular weight excluding hydrogens is 897 g/mol. The smallest absolute Gasteiger partial charge is 0.187 e. The van der Waals surface area contributed by atoms with Gasteiger partial charge in [0.25, 0.3) is 0 Å². The number of aliphatic hydroxyl groups is 12. The average molecular weight is 979 g/mol. The average Bonchev–Trinajstić information content (AvgIpc) is 3.68. The van der Waals surface area contributed by atoms with Crippen LogP contribution in [0.3, 0.4) is 0 Å². The first-order valence-electron chi connectivity index (χ1n) is 24.6.